The Hall–Kier alpha value is -2.53. The third-order valence-electron chi connectivity index (χ3n) is 3.39. The number of hydrogen-bond acceptors (Lipinski definition) is 4. The van der Waals surface area contributed by atoms with Crippen LogP contribution >= 0.6 is 0 Å². The van der Waals surface area contributed by atoms with Gasteiger partial charge in [0.2, 0.25) is 0 Å². The lowest BCUT2D eigenvalue weighted by Gasteiger charge is -2.07. The first kappa shape index (κ1) is 14.4. The van der Waals surface area contributed by atoms with Crippen molar-refractivity contribution >= 4 is 5.52 Å². The first-order valence-electron chi connectivity index (χ1n) is 7.32. The van der Waals surface area contributed by atoms with Gasteiger partial charge in [0, 0.05) is 12.7 Å². The van der Waals surface area contributed by atoms with E-state index in [1.54, 1.807) is 0 Å². The molecule has 0 fully saturated rings. The highest BCUT2D eigenvalue weighted by Crippen LogP contribution is 2.19. The van der Waals surface area contributed by atoms with Crippen molar-refractivity contribution in [2.45, 2.75) is 20.1 Å². The van der Waals surface area contributed by atoms with Crippen LogP contribution in [0.2, 0.25) is 0 Å². The van der Waals surface area contributed by atoms with Crippen molar-refractivity contribution < 1.29 is 9.47 Å². The smallest absolute Gasteiger partial charge is 0.151 e. The Morgan fingerprint density at radius 3 is 2.45 bits per heavy atom. The van der Waals surface area contributed by atoms with Crippen LogP contribution in [0.25, 0.3) is 5.52 Å². The summed E-state index contributed by atoms with van der Waals surface area (Å²) in [6.45, 7) is 3.42. The predicted molar refractivity (Wildman–Crippen MR) is 85.0 cm³/mol. The van der Waals surface area contributed by atoms with Gasteiger partial charge >= 0.3 is 0 Å². The summed E-state index contributed by atoms with van der Waals surface area (Å²) in [6, 6.07) is 13.5. The summed E-state index contributed by atoms with van der Waals surface area (Å²) in [4.78, 5) is 4.56. The molecule has 0 atom stereocenters. The Morgan fingerprint density at radius 1 is 1.05 bits per heavy atom. The van der Waals surface area contributed by atoms with Crippen LogP contribution in [0.1, 0.15) is 18.4 Å². The molecular formula is C17H19N3O2. The lowest BCUT2D eigenvalue weighted by Crippen LogP contribution is -2.01. The summed E-state index contributed by atoms with van der Waals surface area (Å²) in [6.07, 6.45) is 1.97. The van der Waals surface area contributed by atoms with E-state index in [4.69, 9.17) is 15.2 Å². The molecule has 0 saturated carbocycles. The Balaban J connectivity index is 1.76. The summed E-state index contributed by atoms with van der Waals surface area (Å²) >= 11 is 0. The number of hydrogen-bond donors (Lipinski definition) is 1. The van der Waals surface area contributed by atoms with E-state index in [0.29, 0.717) is 19.8 Å². The highest BCUT2D eigenvalue weighted by atomic mass is 16.5. The number of benzene rings is 1. The molecule has 3 aromatic rings. The Morgan fingerprint density at radius 2 is 1.77 bits per heavy atom. The van der Waals surface area contributed by atoms with E-state index >= 15 is 0 Å². The molecule has 0 radical (unpaired) electrons. The normalized spacial score (nSPS) is 10.8. The van der Waals surface area contributed by atoms with Gasteiger partial charge in [0.1, 0.15) is 18.1 Å². The zero-order chi connectivity index (χ0) is 15.4. The minimum Gasteiger partial charge on any atom is -0.494 e. The van der Waals surface area contributed by atoms with Crippen LogP contribution in [0.15, 0.2) is 48.7 Å². The van der Waals surface area contributed by atoms with E-state index in [-0.39, 0.29) is 0 Å². The maximum Gasteiger partial charge on any atom is 0.151 e. The molecule has 5 heteroatoms. The molecule has 3 rings (SSSR count). The summed E-state index contributed by atoms with van der Waals surface area (Å²) in [5.74, 6) is 2.46. The van der Waals surface area contributed by atoms with Gasteiger partial charge < -0.3 is 19.6 Å². The molecule has 0 aliphatic heterocycles. The van der Waals surface area contributed by atoms with Gasteiger partial charge in [-0.2, -0.15) is 0 Å². The van der Waals surface area contributed by atoms with Crippen LogP contribution in [0.3, 0.4) is 0 Å². The molecule has 114 valence electrons. The van der Waals surface area contributed by atoms with Gasteiger partial charge in [0.05, 0.1) is 17.8 Å². The van der Waals surface area contributed by atoms with Gasteiger partial charge in [0.25, 0.3) is 0 Å². The standard InChI is InChI=1S/C17H19N3O2/c1-2-21-13-6-8-14(9-7-13)22-12-17-19-15(11-18)16-5-3-4-10-20(16)17/h3-10H,2,11-12,18H2,1H3. The molecule has 2 N–H and O–H groups in total. The Kier molecular flexibility index (Phi) is 4.25. The topological polar surface area (TPSA) is 61.8 Å². The van der Waals surface area contributed by atoms with Gasteiger partial charge in [0.15, 0.2) is 5.82 Å². The van der Waals surface area contributed by atoms with Crippen LogP contribution in [0.5, 0.6) is 11.5 Å². The maximum atomic E-state index is 5.81. The molecule has 0 spiro atoms. The molecule has 0 bridgehead atoms. The minimum absolute atomic E-state index is 0.388. The molecule has 22 heavy (non-hydrogen) atoms. The first-order valence-corrected chi connectivity index (χ1v) is 7.32. The molecule has 1 aromatic carbocycles. The van der Waals surface area contributed by atoms with Crippen molar-refractivity contribution in [3.8, 4) is 11.5 Å². The van der Waals surface area contributed by atoms with Gasteiger partial charge in [-0.1, -0.05) is 6.07 Å². The molecule has 5 nitrogen and oxygen atoms in total. The number of nitrogens with zero attached hydrogens (tertiary/aromatic N) is 2. The summed E-state index contributed by atoms with van der Waals surface area (Å²) in [5.41, 5.74) is 7.65. The molecule has 0 saturated heterocycles. The number of ether oxygens (including phenoxy) is 2. The van der Waals surface area contributed by atoms with Crippen LogP contribution in [0, 0.1) is 0 Å². The number of nitrogens with two attached hydrogens (primary N) is 1. The van der Waals surface area contributed by atoms with E-state index in [9.17, 15) is 0 Å². The molecular weight excluding hydrogens is 278 g/mol. The molecule has 0 aliphatic carbocycles. The van der Waals surface area contributed by atoms with Crippen molar-refractivity contribution in [2.24, 2.45) is 5.73 Å². The van der Waals surface area contributed by atoms with Crippen LogP contribution in [-0.4, -0.2) is 16.0 Å². The van der Waals surface area contributed by atoms with Gasteiger partial charge in [-0.05, 0) is 43.3 Å². The molecule has 2 heterocycles. The number of fused-ring (bicyclic) bond motifs is 1. The van der Waals surface area contributed by atoms with Crippen molar-refractivity contribution in [3.05, 3.63) is 60.2 Å². The molecule has 2 aromatic heterocycles. The van der Waals surface area contributed by atoms with Crippen LogP contribution in [-0.2, 0) is 13.2 Å². The predicted octanol–water partition coefficient (Wildman–Crippen LogP) is 2.77. The minimum atomic E-state index is 0.388. The van der Waals surface area contributed by atoms with Gasteiger partial charge in [-0.25, -0.2) is 4.98 Å². The quantitative estimate of drug-likeness (QED) is 0.760. The number of imidazole rings is 1. The van der Waals surface area contributed by atoms with E-state index in [0.717, 1.165) is 28.5 Å². The van der Waals surface area contributed by atoms with E-state index in [1.165, 1.54) is 0 Å². The highest BCUT2D eigenvalue weighted by molar-refractivity contribution is 5.53. The fourth-order valence-electron chi connectivity index (χ4n) is 2.37. The fraction of sp³-hybridized carbons (Fsp3) is 0.235. The van der Waals surface area contributed by atoms with Gasteiger partial charge in [-0.15, -0.1) is 0 Å². The first-order chi connectivity index (χ1) is 10.8. The zero-order valence-corrected chi connectivity index (χ0v) is 12.5. The SMILES string of the molecule is CCOc1ccc(OCc2nc(CN)c3ccccn23)cc1. The second-order valence-corrected chi connectivity index (χ2v) is 4.83. The van der Waals surface area contributed by atoms with Gasteiger partial charge in [-0.3, -0.25) is 0 Å². The second-order valence-electron chi connectivity index (χ2n) is 4.83. The van der Waals surface area contributed by atoms with E-state index in [2.05, 4.69) is 4.98 Å². The van der Waals surface area contributed by atoms with E-state index in [1.807, 2.05) is 60.0 Å². The maximum absolute atomic E-state index is 5.81. The van der Waals surface area contributed by atoms with Crippen LogP contribution < -0.4 is 15.2 Å². The third kappa shape index (κ3) is 2.89. The number of pyridine rings is 1. The monoisotopic (exact) mass is 297 g/mol. The van der Waals surface area contributed by atoms with Crippen molar-refractivity contribution in [3.63, 3.8) is 0 Å². The third-order valence-corrected chi connectivity index (χ3v) is 3.39. The lowest BCUT2D eigenvalue weighted by molar-refractivity contribution is 0.293. The molecule has 0 amide bonds. The van der Waals surface area contributed by atoms with Crippen molar-refractivity contribution in [2.75, 3.05) is 6.61 Å². The van der Waals surface area contributed by atoms with E-state index < -0.39 is 0 Å². The lowest BCUT2D eigenvalue weighted by atomic mass is 10.3. The van der Waals surface area contributed by atoms with Crippen LogP contribution in [0.4, 0.5) is 0 Å². The van der Waals surface area contributed by atoms with Crippen molar-refractivity contribution in [1.82, 2.24) is 9.38 Å². The average molecular weight is 297 g/mol. The number of aromatic nitrogens is 2. The summed E-state index contributed by atoms with van der Waals surface area (Å²) in [7, 11) is 0. The molecule has 0 aliphatic rings. The second kappa shape index (κ2) is 6.49. The zero-order valence-electron chi connectivity index (χ0n) is 12.5. The largest absolute Gasteiger partial charge is 0.494 e. The molecule has 0 unspecified atom stereocenters. The average Bonchev–Trinajstić information content (AvgIpc) is 2.93. The fourth-order valence-corrected chi connectivity index (χ4v) is 2.37. The Bertz CT molecular complexity index is 750. The highest BCUT2D eigenvalue weighted by Gasteiger charge is 2.09. The Labute approximate surface area is 129 Å². The summed E-state index contributed by atoms with van der Waals surface area (Å²) < 4.78 is 13.2. The summed E-state index contributed by atoms with van der Waals surface area (Å²) in [5, 5.41) is 0. The van der Waals surface area contributed by atoms with Crippen molar-refractivity contribution in [1.29, 1.82) is 0 Å². The number of rotatable bonds is 6.